The van der Waals surface area contributed by atoms with Gasteiger partial charge in [0.25, 0.3) is 0 Å². The highest BCUT2D eigenvalue weighted by Gasteiger charge is 2.35. The monoisotopic (exact) mass is 478 g/mol. The first-order valence-electron chi connectivity index (χ1n) is 12.7. The van der Waals surface area contributed by atoms with Crippen molar-refractivity contribution in [2.24, 2.45) is 0 Å². The molecule has 4 aromatic rings. The minimum absolute atomic E-state index is 0.0573. The van der Waals surface area contributed by atoms with E-state index in [-0.39, 0.29) is 24.3 Å². The van der Waals surface area contributed by atoms with Crippen molar-refractivity contribution >= 4 is 34.2 Å². The van der Waals surface area contributed by atoms with Crippen LogP contribution < -0.4 is 9.80 Å². The minimum atomic E-state index is -0.0760. The summed E-state index contributed by atoms with van der Waals surface area (Å²) in [5.74, 6) is 0.891. The fraction of sp³-hybridized carbons (Fsp3) is 0.300. The quantitative estimate of drug-likeness (QED) is 0.407. The van der Waals surface area contributed by atoms with Crippen LogP contribution in [0.1, 0.15) is 41.3 Å². The second-order valence-electron chi connectivity index (χ2n) is 10.00. The average Bonchev–Trinajstić information content (AvgIpc) is 3.46. The van der Waals surface area contributed by atoms with Gasteiger partial charge >= 0.3 is 0 Å². The van der Waals surface area contributed by atoms with E-state index in [2.05, 4.69) is 32.0 Å². The van der Waals surface area contributed by atoms with Gasteiger partial charge in [-0.05, 0) is 73.7 Å². The van der Waals surface area contributed by atoms with E-state index in [0.717, 1.165) is 47.6 Å². The van der Waals surface area contributed by atoms with Crippen molar-refractivity contribution in [2.75, 3.05) is 22.9 Å². The van der Waals surface area contributed by atoms with E-state index < -0.39 is 0 Å². The molecule has 0 saturated carbocycles. The zero-order valence-electron chi connectivity index (χ0n) is 20.8. The normalized spacial score (nSPS) is 17.6. The van der Waals surface area contributed by atoms with Gasteiger partial charge in [-0.15, -0.1) is 0 Å². The van der Waals surface area contributed by atoms with Gasteiger partial charge in [0.05, 0.1) is 11.0 Å². The van der Waals surface area contributed by atoms with Crippen LogP contribution in [0.15, 0.2) is 66.7 Å². The largest absolute Gasteiger partial charge is 0.318 e. The van der Waals surface area contributed by atoms with Gasteiger partial charge in [0.1, 0.15) is 12.4 Å². The molecule has 0 bridgehead atoms. The zero-order chi connectivity index (χ0) is 24.8. The third-order valence-electron chi connectivity index (χ3n) is 7.68. The Labute approximate surface area is 211 Å². The molecule has 1 atom stereocenters. The highest BCUT2D eigenvalue weighted by Crippen LogP contribution is 2.34. The standard InChI is InChI=1S/C30H30N4O2/c1-20-13-14-24(16-21(20)2)33-18-23(17-28(33)35)30-31-25-10-4-6-12-27(25)34(30)19-29(36)32-15-7-9-22-8-3-5-11-26(22)32/h3-6,8,10-14,16,23H,7,9,15,17-19H2,1-2H3. The number of nitrogens with zero attached hydrogens (tertiary/aromatic N) is 4. The average molecular weight is 479 g/mol. The highest BCUT2D eigenvalue weighted by atomic mass is 16.2. The van der Waals surface area contributed by atoms with Gasteiger partial charge in [0, 0.05) is 36.8 Å². The number of para-hydroxylation sites is 3. The number of fused-ring (bicyclic) bond motifs is 2. The number of amides is 2. The summed E-state index contributed by atoms with van der Waals surface area (Å²) in [5.41, 5.74) is 7.33. The fourth-order valence-electron chi connectivity index (χ4n) is 5.61. The van der Waals surface area contributed by atoms with Gasteiger partial charge < -0.3 is 14.4 Å². The van der Waals surface area contributed by atoms with Crippen LogP contribution in [0.25, 0.3) is 11.0 Å². The van der Waals surface area contributed by atoms with Gasteiger partial charge in [0.15, 0.2) is 0 Å². The van der Waals surface area contributed by atoms with Crippen LogP contribution in [0.5, 0.6) is 0 Å². The smallest absolute Gasteiger partial charge is 0.246 e. The molecular weight excluding hydrogens is 448 g/mol. The van der Waals surface area contributed by atoms with E-state index in [1.807, 2.05) is 62.9 Å². The summed E-state index contributed by atoms with van der Waals surface area (Å²) in [5, 5.41) is 0. The number of imidazole rings is 1. The topological polar surface area (TPSA) is 58.4 Å². The number of benzene rings is 3. The Balaban J connectivity index is 1.33. The molecule has 36 heavy (non-hydrogen) atoms. The summed E-state index contributed by atoms with van der Waals surface area (Å²) in [6, 6.07) is 22.3. The van der Waals surface area contributed by atoms with E-state index in [0.29, 0.717) is 13.0 Å². The molecule has 3 aromatic carbocycles. The summed E-state index contributed by atoms with van der Waals surface area (Å²) in [4.78, 5) is 35.5. The number of hydrogen-bond donors (Lipinski definition) is 0. The molecule has 1 unspecified atom stereocenters. The Bertz CT molecular complexity index is 1490. The second-order valence-corrected chi connectivity index (χ2v) is 10.00. The van der Waals surface area contributed by atoms with E-state index >= 15 is 0 Å². The van der Waals surface area contributed by atoms with Crippen molar-refractivity contribution < 1.29 is 9.59 Å². The Morgan fingerprint density at radius 2 is 1.81 bits per heavy atom. The van der Waals surface area contributed by atoms with E-state index in [1.54, 1.807) is 0 Å². The highest BCUT2D eigenvalue weighted by molar-refractivity contribution is 5.97. The molecule has 2 aliphatic rings. The minimum Gasteiger partial charge on any atom is -0.318 e. The lowest BCUT2D eigenvalue weighted by Gasteiger charge is -2.30. The number of anilines is 2. The number of carbonyl (C=O) groups is 2. The first kappa shape index (κ1) is 22.5. The number of aromatic nitrogens is 2. The number of aryl methyl sites for hydroxylation is 3. The lowest BCUT2D eigenvalue weighted by Crippen LogP contribution is -2.38. The maximum absolute atomic E-state index is 13.7. The van der Waals surface area contributed by atoms with Crippen molar-refractivity contribution in [1.29, 1.82) is 0 Å². The van der Waals surface area contributed by atoms with Gasteiger partial charge in [-0.2, -0.15) is 0 Å². The van der Waals surface area contributed by atoms with Gasteiger partial charge in [-0.3, -0.25) is 9.59 Å². The molecule has 6 rings (SSSR count). The lowest BCUT2D eigenvalue weighted by atomic mass is 10.0. The third kappa shape index (κ3) is 3.87. The summed E-state index contributed by atoms with van der Waals surface area (Å²) in [6.07, 6.45) is 2.34. The SMILES string of the molecule is Cc1ccc(N2CC(c3nc4ccccc4n3CC(=O)N3CCCc4ccccc43)CC2=O)cc1C. The zero-order valence-corrected chi connectivity index (χ0v) is 20.8. The van der Waals surface area contributed by atoms with Crippen LogP contribution in [0, 0.1) is 13.8 Å². The lowest BCUT2D eigenvalue weighted by molar-refractivity contribution is -0.119. The van der Waals surface area contributed by atoms with Crippen molar-refractivity contribution in [1.82, 2.24) is 9.55 Å². The molecular formula is C30H30N4O2. The number of rotatable bonds is 4. The molecule has 2 aliphatic heterocycles. The first-order chi connectivity index (χ1) is 17.5. The van der Waals surface area contributed by atoms with Crippen LogP contribution in [-0.2, 0) is 22.6 Å². The van der Waals surface area contributed by atoms with Gasteiger partial charge in [-0.25, -0.2) is 4.98 Å². The molecule has 1 aromatic heterocycles. The molecule has 182 valence electrons. The van der Waals surface area contributed by atoms with Crippen LogP contribution in [0.4, 0.5) is 11.4 Å². The predicted molar refractivity (Wildman–Crippen MR) is 142 cm³/mol. The number of carbonyl (C=O) groups excluding carboxylic acids is 2. The fourth-order valence-corrected chi connectivity index (χ4v) is 5.61. The number of hydrogen-bond acceptors (Lipinski definition) is 3. The maximum Gasteiger partial charge on any atom is 0.246 e. The van der Waals surface area contributed by atoms with E-state index in [1.165, 1.54) is 16.7 Å². The summed E-state index contributed by atoms with van der Waals surface area (Å²) < 4.78 is 2.04. The van der Waals surface area contributed by atoms with E-state index in [4.69, 9.17) is 4.98 Å². The maximum atomic E-state index is 13.7. The second kappa shape index (κ2) is 8.94. The Hall–Kier alpha value is -3.93. The van der Waals surface area contributed by atoms with E-state index in [9.17, 15) is 9.59 Å². The molecule has 0 aliphatic carbocycles. The first-order valence-corrected chi connectivity index (χ1v) is 12.7. The van der Waals surface area contributed by atoms with Crippen LogP contribution in [0.3, 0.4) is 0 Å². The molecule has 2 amide bonds. The van der Waals surface area contributed by atoms with Crippen molar-refractivity contribution in [3.8, 4) is 0 Å². The molecule has 6 nitrogen and oxygen atoms in total. The van der Waals surface area contributed by atoms with Crippen LogP contribution in [0.2, 0.25) is 0 Å². The van der Waals surface area contributed by atoms with Gasteiger partial charge in [0.2, 0.25) is 11.8 Å². The van der Waals surface area contributed by atoms with Crippen LogP contribution in [-0.4, -0.2) is 34.5 Å². The molecule has 0 N–H and O–H groups in total. The summed E-state index contributed by atoms with van der Waals surface area (Å²) >= 11 is 0. The summed E-state index contributed by atoms with van der Waals surface area (Å²) in [6.45, 7) is 5.64. The van der Waals surface area contributed by atoms with Crippen molar-refractivity contribution in [3.63, 3.8) is 0 Å². The third-order valence-corrected chi connectivity index (χ3v) is 7.68. The predicted octanol–water partition coefficient (Wildman–Crippen LogP) is 5.15. The van der Waals surface area contributed by atoms with Crippen molar-refractivity contribution in [3.05, 3.63) is 89.2 Å². The Morgan fingerprint density at radius 1 is 1.00 bits per heavy atom. The van der Waals surface area contributed by atoms with Crippen molar-refractivity contribution in [2.45, 2.75) is 45.6 Å². The van der Waals surface area contributed by atoms with Gasteiger partial charge in [-0.1, -0.05) is 36.4 Å². The molecule has 3 heterocycles. The molecule has 0 radical (unpaired) electrons. The molecule has 6 heteroatoms. The molecule has 1 saturated heterocycles. The Morgan fingerprint density at radius 3 is 2.67 bits per heavy atom. The molecule has 1 fully saturated rings. The molecule has 0 spiro atoms. The Kier molecular flexibility index (Phi) is 5.59. The summed E-state index contributed by atoms with van der Waals surface area (Å²) in [7, 11) is 0. The van der Waals surface area contributed by atoms with Crippen LogP contribution >= 0.6 is 0 Å².